The van der Waals surface area contributed by atoms with E-state index in [-0.39, 0.29) is 5.91 Å². The van der Waals surface area contributed by atoms with Crippen LogP contribution in [0.2, 0.25) is 0 Å². The van der Waals surface area contributed by atoms with E-state index in [2.05, 4.69) is 70.3 Å². The molecular formula is C25H26N3OS+. The Balaban J connectivity index is 1.54. The van der Waals surface area contributed by atoms with Gasteiger partial charge in [0.15, 0.2) is 11.0 Å². The lowest BCUT2D eigenvalue weighted by atomic mass is 10.1. The second kappa shape index (κ2) is 8.76. The van der Waals surface area contributed by atoms with Crippen molar-refractivity contribution in [3.63, 3.8) is 0 Å². The molecule has 0 unspecified atom stereocenters. The molecule has 5 heteroatoms. The number of anilines is 1. The summed E-state index contributed by atoms with van der Waals surface area (Å²) in [6.07, 6.45) is 0. The molecule has 4 aromatic rings. The van der Waals surface area contributed by atoms with Gasteiger partial charge in [0.1, 0.15) is 6.54 Å². The number of fused-ring (bicyclic) bond motifs is 1. The topological polar surface area (TPSA) is 48.8 Å². The van der Waals surface area contributed by atoms with Crippen molar-refractivity contribution < 1.29 is 9.36 Å². The Labute approximate surface area is 181 Å². The Bertz CT molecular complexity index is 1170. The average molecular weight is 417 g/mol. The number of benzene rings is 3. The number of H-pyrrole nitrogens is 1. The molecule has 2 N–H and O–H groups in total. The van der Waals surface area contributed by atoms with E-state index in [9.17, 15) is 4.79 Å². The molecule has 1 amide bonds. The number of carbonyl (C=O) groups excluding carboxylic acids is 1. The van der Waals surface area contributed by atoms with Gasteiger partial charge < -0.3 is 5.32 Å². The lowest BCUT2D eigenvalue weighted by Crippen LogP contribution is -2.35. The summed E-state index contributed by atoms with van der Waals surface area (Å²) in [5, 5.41) is 4.08. The van der Waals surface area contributed by atoms with E-state index < -0.39 is 0 Å². The number of hydrogen-bond acceptors (Lipinski definition) is 2. The normalized spacial score (nSPS) is 11.0. The van der Waals surface area contributed by atoms with Gasteiger partial charge in [0.2, 0.25) is 5.91 Å². The SMILES string of the molecule is Cc1cc(C)c(NC(=O)CSc2[nH]c3ccccc3[n+]2Cc2ccccc2)c(C)c1. The number of rotatable bonds is 6. The zero-order chi connectivity index (χ0) is 21.1. The van der Waals surface area contributed by atoms with Gasteiger partial charge in [-0.05, 0) is 61.4 Å². The van der Waals surface area contributed by atoms with Crippen molar-refractivity contribution in [1.82, 2.24) is 4.98 Å². The van der Waals surface area contributed by atoms with Gasteiger partial charge in [0.25, 0.3) is 0 Å². The first-order valence-corrected chi connectivity index (χ1v) is 11.0. The molecule has 0 saturated heterocycles. The second-order valence-corrected chi connectivity index (χ2v) is 8.59. The van der Waals surface area contributed by atoms with Crippen LogP contribution >= 0.6 is 11.8 Å². The lowest BCUT2D eigenvalue weighted by molar-refractivity contribution is -0.700. The second-order valence-electron chi connectivity index (χ2n) is 7.63. The van der Waals surface area contributed by atoms with Crippen LogP contribution < -0.4 is 9.88 Å². The van der Waals surface area contributed by atoms with Gasteiger partial charge in [-0.3, -0.25) is 4.79 Å². The number of thioether (sulfide) groups is 1. The quantitative estimate of drug-likeness (QED) is 0.337. The van der Waals surface area contributed by atoms with E-state index in [0.717, 1.165) is 39.5 Å². The Morgan fingerprint density at radius 2 is 1.63 bits per heavy atom. The Hall–Kier alpha value is -3.05. The Kier molecular flexibility index (Phi) is 5.91. The highest BCUT2D eigenvalue weighted by Gasteiger charge is 2.20. The first-order chi connectivity index (χ1) is 14.5. The van der Waals surface area contributed by atoms with Gasteiger partial charge >= 0.3 is 5.16 Å². The van der Waals surface area contributed by atoms with Crippen LogP contribution in [-0.4, -0.2) is 16.6 Å². The molecule has 0 bridgehead atoms. The third-order valence-electron chi connectivity index (χ3n) is 5.15. The number of aromatic amines is 1. The minimum Gasteiger partial charge on any atom is -0.325 e. The molecule has 152 valence electrons. The van der Waals surface area contributed by atoms with Crippen LogP contribution in [0.1, 0.15) is 22.3 Å². The van der Waals surface area contributed by atoms with Gasteiger partial charge in [-0.15, -0.1) is 0 Å². The molecule has 0 radical (unpaired) electrons. The molecule has 1 heterocycles. The number of amides is 1. The fourth-order valence-electron chi connectivity index (χ4n) is 3.83. The summed E-state index contributed by atoms with van der Waals surface area (Å²) < 4.78 is 2.24. The highest BCUT2D eigenvalue weighted by atomic mass is 32.2. The van der Waals surface area contributed by atoms with E-state index in [1.54, 1.807) is 0 Å². The summed E-state index contributed by atoms with van der Waals surface area (Å²) in [5.74, 6) is 0.342. The monoisotopic (exact) mass is 416 g/mol. The number of imidazole rings is 1. The van der Waals surface area contributed by atoms with Crippen LogP contribution in [0, 0.1) is 20.8 Å². The van der Waals surface area contributed by atoms with Gasteiger partial charge in [-0.2, -0.15) is 0 Å². The largest absolute Gasteiger partial charge is 0.325 e. The highest BCUT2D eigenvalue weighted by Crippen LogP contribution is 2.23. The first-order valence-electron chi connectivity index (χ1n) is 10.1. The predicted molar refractivity (Wildman–Crippen MR) is 124 cm³/mol. The average Bonchev–Trinajstić information content (AvgIpc) is 3.07. The van der Waals surface area contributed by atoms with Crippen molar-refractivity contribution in [2.24, 2.45) is 0 Å². The Morgan fingerprint density at radius 1 is 0.967 bits per heavy atom. The lowest BCUT2D eigenvalue weighted by Gasteiger charge is -2.12. The number of aryl methyl sites for hydroxylation is 3. The molecule has 0 aliphatic heterocycles. The molecule has 0 atom stereocenters. The summed E-state index contributed by atoms with van der Waals surface area (Å²) in [4.78, 5) is 16.2. The molecule has 4 rings (SSSR count). The van der Waals surface area contributed by atoms with Crippen LogP contribution in [-0.2, 0) is 11.3 Å². The molecule has 1 aromatic heterocycles. The molecule has 30 heavy (non-hydrogen) atoms. The van der Waals surface area contributed by atoms with Crippen molar-refractivity contribution in [2.75, 3.05) is 11.1 Å². The molecule has 3 aromatic carbocycles. The van der Waals surface area contributed by atoms with E-state index in [1.807, 2.05) is 32.0 Å². The minimum atomic E-state index is -0.0000275. The van der Waals surface area contributed by atoms with Gasteiger partial charge in [-0.1, -0.05) is 60.2 Å². The zero-order valence-corrected chi connectivity index (χ0v) is 18.3. The predicted octanol–water partition coefficient (Wildman–Crippen LogP) is 5.16. The van der Waals surface area contributed by atoms with E-state index >= 15 is 0 Å². The molecule has 0 saturated carbocycles. The van der Waals surface area contributed by atoms with E-state index in [0.29, 0.717) is 5.75 Å². The molecule has 0 fully saturated rings. The van der Waals surface area contributed by atoms with Crippen LogP contribution in [0.4, 0.5) is 5.69 Å². The van der Waals surface area contributed by atoms with Crippen LogP contribution in [0.5, 0.6) is 0 Å². The zero-order valence-electron chi connectivity index (χ0n) is 17.5. The number of carbonyl (C=O) groups is 1. The molecule has 0 spiro atoms. The number of aromatic nitrogens is 2. The summed E-state index contributed by atoms with van der Waals surface area (Å²) in [6.45, 7) is 6.90. The summed E-state index contributed by atoms with van der Waals surface area (Å²) in [6, 6.07) is 22.8. The number of hydrogen-bond donors (Lipinski definition) is 2. The van der Waals surface area contributed by atoms with Gasteiger partial charge in [0.05, 0.1) is 5.75 Å². The van der Waals surface area contributed by atoms with Crippen molar-refractivity contribution in [3.8, 4) is 0 Å². The summed E-state index contributed by atoms with van der Waals surface area (Å²) >= 11 is 1.53. The molecular weight excluding hydrogens is 390 g/mol. The van der Waals surface area contributed by atoms with Crippen molar-refractivity contribution >= 4 is 34.4 Å². The van der Waals surface area contributed by atoms with Crippen LogP contribution in [0.25, 0.3) is 11.0 Å². The van der Waals surface area contributed by atoms with E-state index in [1.165, 1.54) is 22.9 Å². The number of nitrogens with zero attached hydrogens (tertiary/aromatic N) is 1. The summed E-state index contributed by atoms with van der Waals surface area (Å²) in [5.41, 5.74) is 7.74. The summed E-state index contributed by atoms with van der Waals surface area (Å²) in [7, 11) is 0. The molecule has 0 aliphatic carbocycles. The maximum atomic E-state index is 12.7. The van der Waals surface area contributed by atoms with Crippen LogP contribution in [0.3, 0.4) is 0 Å². The fourth-order valence-corrected chi connectivity index (χ4v) is 4.67. The maximum absolute atomic E-state index is 12.7. The van der Waals surface area contributed by atoms with E-state index in [4.69, 9.17) is 0 Å². The van der Waals surface area contributed by atoms with Crippen LogP contribution in [0.15, 0.2) is 71.9 Å². The molecule has 0 aliphatic rings. The van der Waals surface area contributed by atoms with Crippen molar-refractivity contribution in [3.05, 3.63) is 89.0 Å². The smallest absolute Gasteiger partial charge is 0.317 e. The maximum Gasteiger partial charge on any atom is 0.317 e. The van der Waals surface area contributed by atoms with Crippen molar-refractivity contribution in [1.29, 1.82) is 0 Å². The third-order valence-corrected chi connectivity index (χ3v) is 6.15. The number of para-hydroxylation sites is 2. The Morgan fingerprint density at radius 3 is 2.37 bits per heavy atom. The number of nitrogens with one attached hydrogen (secondary N) is 2. The standard InChI is InChI=1S/C25H25N3OS/c1-17-13-18(2)24(19(3)14-17)27-23(29)16-30-25-26-21-11-7-8-12-22(21)28(25)15-20-9-5-4-6-10-20/h4-14H,15-16H2,1-3H3,(H,27,29)/p+1. The fraction of sp³-hybridized carbons (Fsp3) is 0.200. The first kappa shape index (κ1) is 20.2. The van der Waals surface area contributed by atoms with Crippen molar-refractivity contribution in [2.45, 2.75) is 32.5 Å². The molecule has 4 nitrogen and oxygen atoms in total. The third kappa shape index (κ3) is 4.41. The van der Waals surface area contributed by atoms with Gasteiger partial charge in [-0.25, -0.2) is 9.55 Å². The highest BCUT2D eigenvalue weighted by molar-refractivity contribution is 7.99. The van der Waals surface area contributed by atoms with Gasteiger partial charge in [0, 0.05) is 5.69 Å². The minimum absolute atomic E-state index is 0.0000275.